The summed E-state index contributed by atoms with van der Waals surface area (Å²) in [7, 11) is 0. The van der Waals surface area contributed by atoms with Gasteiger partial charge < -0.3 is 25.8 Å². The van der Waals surface area contributed by atoms with Gasteiger partial charge in [-0.25, -0.2) is 23.5 Å². The van der Waals surface area contributed by atoms with Crippen LogP contribution in [0.3, 0.4) is 0 Å². The summed E-state index contributed by atoms with van der Waals surface area (Å²) in [6.07, 6.45) is 16.3. The van der Waals surface area contributed by atoms with Crippen LogP contribution in [0.2, 0.25) is 0 Å². The van der Waals surface area contributed by atoms with Crippen LogP contribution < -0.4 is 11.1 Å². The highest BCUT2D eigenvalue weighted by Gasteiger charge is 2.40. The minimum absolute atomic E-state index is 0.198. The van der Waals surface area contributed by atoms with Crippen LogP contribution in [0.5, 0.6) is 0 Å². The van der Waals surface area contributed by atoms with E-state index < -0.39 is 17.2 Å². The lowest BCUT2D eigenvalue weighted by atomic mass is 9.81. The summed E-state index contributed by atoms with van der Waals surface area (Å²) in [6, 6.07) is 30.0. The summed E-state index contributed by atoms with van der Waals surface area (Å²) in [5.41, 5.74) is 13.3. The van der Waals surface area contributed by atoms with Crippen molar-refractivity contribution in [2.45, 2.75) is 81.9 Å². The van der Waals surface area contributed by atoms with Gasteiger partial charge in [-0.3, -0.25) is 9.97 Å². The molecule has 5 N–H and O–H groups in total. The molecule has 2 aliphatic rings. The number of carbonyl (C=O) groups is 1. The number of carbonyl (C=O) groups excluding carboxylic acids is 1. The fourth-order valence-corrected chi connectivity index (χ4v) is 8.25. The molecular formula is C48H48F2N8O2. The lowest BCUT2D eigenvalue weighted by Crippen LogP contribution is -2.48. The molecule has 2 saturated carbocycles. The Morgan fingerprint density at radius 3 is 1.58 bits per heavy atom. The lowest BCUT2D eigenvalue weighted by molar-refractivity contribution is 0.115. The van der Waals surface area contributed by atoms with E-state index in [1.807, 2.05) is 54.6 Å². The minimum atomic E-state index is -0.675. The molecule has 7 aromatic rings. The number of H-pyrrole nitrogens is 2. The maximum absolute atomic E-state index is 13.6. The van der Waals surface area contributed by atoms with E-state index in [2.05, 4.69) is 25.3 Å². The Morgan fingerprint density at radius 2 is 1.07 bits per heavy atom. The maximum Gasteiger partial charge on any atom is 0.408 e. The van der Waals surface area contributed by atoms with Gasteiger partial charge >= 0.3 is 6.09 Å². The highest BCUT2D eigenvalue weighted by atomic mass is 19.1. The third-order valence-corrected chi connectivity index (χ3v) is 11.5. The van der Waals surface area contributed by atoms with Gasteiger partial charge in [0.1, 0.15) is 35.4 Å². The van der Waals surface area contributed by atoms with E-state index in [0.717, 1.165) is 109 Å². The van der Waals surface area contributed by atoms with Crippen molar-refractivity contribution < 1.29 is 18.3 Å². The Labute approximate surface area is 348 Å². The molecule has 0 spiro atoms. The van der Waals surface area contributed by atoms with Crippen molar-refractivity contribution >= 4 is 6.09 Å². The highest BCUT2D eigenvalue weighted by Crippen LogP contribution is 2.41. The molecule has 0 aliphatic heterocycles. The van der Waals surface area contributed by atoms with Gasteiger partial charge in [0.15, 0.2) is 0 Å². The number of nitrogens with two attached hydrogens (primary N) is 1. The van der Waals surface area contributed by atoms with Gasteiger partial charge in [-0.2, -0.15) is 0 Å². The zero-order valence-electron chi connectivity index (χ0n) is 33.3. The van der Waals surface area contributed by atoms with Gasteiger partial charge in [-0.1, -0.05) is 68.9 Å². The molecule has 0 unspecified atom stereocenters. The number of nitrogens with one attached hydrogen (secondary N) is 3. The van der Waals surface area contributed by atoms with Crippen molar-refractivity contribution in [3.05, 3.63) is 157 Å². The number of nitrogens with zero attached hydrogens (tertiary/aromatic N) is 4. The molecule has 4 aromatic heterocycles. The van der Waals surface area contributed by atoms with E-state index in [4.69, 9.17) is 20.4 Å². The maximum atomic E-state index is 13.6. The third-order valence-electron chi connectivity index (χ3n) is 11.5. The zero-order valence-corrected chi connectivity index (χ0v) is 33.3. The number of benzene rings is 3. The number of rotatable bonds is 9. The quantitative estimate of drug-likeness (QED) is 0.113. The average Bonchev–Trinajstić information content (AvgIpc) is 3.96. The third kappa shape index (κ3) is 9.19. The molecule has 3 aromatic carbocycles. The van der Waals surface area contributed by atoms with Gasteiger partial charge in [0.2, 0.25) is 0 Å². The highest BCUT2D eigenvalue weighted by molar-refractivity contribution is 5.79. The number of halogens is 2. The standard InChI is InChI=1S/C28H27FN4O2.C20H21FN4/c29-23-11-9-21(10-12-23)24-25(22-13-17-30-18-14-22)32-26(31-24)28(15-5-2-6-16-28)33-27(34)35-19-20-7-3-1-4-8-20;21-16-6-4-14(5-7-16)17-18(15-8-12-23-13-9-15)25-19(24-17)20(22)10-2-1-3-11-20/h1,3-4,7-14,17-18H,2,5-6,15-16,19H2,(H,31,32)(H,33,34);4-9,12-13H,1-3,10-11,22H2,(H,24,25). The summed E-state index contributed by atoms with van der Waals surface area (Å²) < 4.78 is 32.5. The number of ether oxygens (including phenoxy) is 1. The van der Waals surface area contributed by atoms with Crippen LogP contribution in [0.4, 0.5) is 13.6 Å². The van der Waals surface area contributed by atoms with E-state index >= 15 is 0 Å². The van der Waals surface area contributed by atoms with Crippen molar-refractivity contribution in [1.29, 1.82) is 0 Å². The van der Waals surface area contributed by atoms with Crippen LogP contribution >= 0.6 is 0 Å². The first-order chi connectivity index (χ1) is 29.3. The van der Waals surface area contributed by atoms with Crippen LogP contribution in [-0.4, -0.2) is 36.0 Å². The topological polar surface area (TPSA) is 147 Å². The monoisotopic (exact) mass is 806 g/mol. The van der Waals surface area contributed by atoms with E-state index in [1.165, 1.54) is 30.7 Å². The molecule has 4 heterocycles. The Kier molecular flexibility index (Phi) is 12.2. The number of imidazole rings is 2. The van der Waals surface area contributed by atoms with Gasteiger partial charge in [0, 0.05) is 47.0 Å². The predicted molar refractivity (Wildman–Crippen MR) is 228 cm³/mol. The number of aromatic amines is 2. The van der Waals surface area contributed by atoms with Crippen LogP contribution in [0.25, 0.3) is 45.0 Å². The Hall–Kier alpha value is -6.53. The second-order valence-electron chi connectivity index (χ2n) is 15.6. The van der Waals surface area contributed by atoms with Gasteiger partial charge in [0.25, 0.3) is 0 Å². The summed E-state index contributed by atoms with van der Waals surface area (Å²) in [5.74, 6) is 0.937. The Balaban J connectivity index is 0.000000176. The fraction of sp³-hybridized carbons (Fsp3) is 0.271. The molecule has 0 saturated heterocycles. The fourth-order valence-electron chi connectivity index (χ4n) is 8.25. The first-order valence-electron chi connectivity index (χ1n) is 20.6. The van der Waals surface area contributed by atoms with E-state index in [-0.39, 0.29) is 18.2 Å². The summed E-state index contributed by atoms with van der Waals surface area (Å²) in [4.78, 5) is 37.9. The molecular weight excluding hydrogens is 759 g/mol. The number of hydrogen-bond donors (Lipinski definition) is 4. The summed E-state index contributed by atoms with van der Waals surface area (Å²) in [5, 5.41) is 3.14. The zero-order chi connectivity index (χ0) is 41.4. The molecule has 0 atom stereocenters. The Morgan fingerprint density at radius 1 is 0.600 bits per heavy atom. The van der Waals surface area contributed by atoms with Gasteiger partial charge in [-0.05, 0) is 104 Å². The largest absolute Gasteiger partial charge is 0.445 e. The number of aromatic nitrogens is 6. The number of alkyl carbamates (subject to hydrolysis) is 1. The molecule has 2 aliphatic carbocycles. The normalized spacial score (nSPS) is 15.7. The van der Waals surface area contributed by atoms with Gasteiger partial charge in [0.05, 0.1) is 28.3 Å². The van der Waals surface area contributed by atoms with Crippen molar-refractivity contribution in [1.82, 2.24) is 35.2 Å². The van der Waals surface area contributed by atoms with Crippen molar-refractivity contribution in [3.63, 3.8) is 0 Å². The first kappa shape index (κ1) is 40.3. The number of amides is 1. The molecule has 1 amide bonds. The molecule has 306 valence electrons. The molecule has 0 radical (unpaired) electrons. The van der Waals surface area contributed by atoms with Crippen molar-refractivity contribution in [3.8, 4) is 45.0 Å². The molecule has 12 heteroatoms. The van der Waals surface area contributed by atoms with Crippen LogP contribution in [0.15, 0.2) is 128 Å². The smallest absolute Gasteiger partial charge is 0.408 e. The lowest BCUT2D eigenvalue weighted by Gasteiger charge is -2.36. The van der Waals surface area contributed by atoms with Crippen molar-refractivity contribution in [2.24, 2.45) is 5.73 Å². The summed E-state index contributed by atoms with van der Waals surface area (Å²) in [6.45, 7) is 0.198. The molecule has 60 heavy (non-hydrogen) atoms. The second kappa shape index (κ2) is 18.2. The molecule has 0 bridgehead atoms. The van der Waals surface area contributed by atoms with Gasteiger partial charge in [-0.15, -0.1) is 0 Å². The summed E-state index contributed by atoms with van der Waals surface area (Å²) >= 11 is 0. The number of hydrogen-bond acceptors (Lipinski definition) is 7. The molecule has 9 rings (SSSR count). The minimum Gasteiger partial charge on any atom is -0.445 e. The van der Waals surface area contributed by atoms with Crippen LogP contribution in [-0.2, 0) is 22.4 Å². The Bertz CT molecular complexity index is 2460. The van der Waals surface area contributed by atoms with Crippen LogP contribution in [0.1, 0.15) is 81.4 Å². The van der Waals surface area contributed by atoms with Crippen LogP contribution in [0, 0.1) is 11.6 Å². The number of pyridine rings is 2. The SMILES string of the molecule is NC1(c2nc(-c3ccc(F)cc3)c(-c3ccncc3)[nH]2)CCCCC1.O=C(NC1(c2nc(-c3ccc(F)cc3)c(-c3ccncc3)[nH]2)CCCCC1)OCc1ccccc1. The van der Waals surface area contributed by atoms with E-state index in [9.17, 15) is 13.6 Å². The molecule has 10 nitrogen and oxygen atoms in total. The average molecular weight is 807 g/mol. The second-order valence-corrected chi connectivity index (χ2v) is 15.6. The van der Waals surface area contributed by atoms with E-state index in [1.54, 1.807) is 49.1 Å². The first-order valence-corrected chi connectivity index (χ1v) is 20.6. The molecule has 2 fully saturated rings. The predicted octanol–water partition coefficient (Wildman–Crippen LogP) is 10.8. The van der Waals surface area contributed by atoms with E-state index in [0.29, 0.717) is 11.5 Å². The van der Waals surface area contributed by atoms with Crippen molar-refractivity contribution in [2.75, 3.05) is 0 Å².